The van der Waals surface area contributed by atoms with Gasteiger partial charge in [0, 0.05) is 16.0 Å². The third-order valence-electron chi connectivity index (χ3n) is 3.48. The van der Waals surface area contributed by atoms with E-state index in [1.54, 1.807) is 0 Å². The Morgan fingerprint density at radius 1 is 1.53 bits per heavy atom. The van der Waals surface area contributed by atoms with Crippen molar-refractivity contribution in [3.63, 3.8) is 0 Å². The summed E-state index contributed by atoms with van der Waals surface area (Å²) in [4.78, 5) is 14.0. The molecule has 19 heavy (non-hydrogen) atoms. The number of esters is 1. The highest BCUT2D eigenvalue weighted by molar-refractivity contribution is 9.10. The van der Waals surface area contributed by atoms with Gasteiger partial charge in [-0.2, -0.15) is 0 Å². The van der Waals surface area contributed by atoms with Crippen molar-refractivity contribution >= 4 is 33.5 Å². The second kappa shape index (κ2) is 6.73. The Kier molecular flexibility index (Phi) is 5.25. The average molecular weight is 347 g/mol. The van der Waals surface area contributed by atoms with Gasteiger partial charge < -0.3 is 4.74 Å². The molecule has 1 fully saturated rings. The van der Waals surface area contributed by atoms with Crippen LogP contribution in [0, 0.1) is 0 Å². The zero-order valence-electron chi connectivity index (χ0n) is 10.9. The Morgan fingerprint density at radius 3 is 3.00 bits per heavy atom. The van der Waals surface area contributed by atoms with Gasteiger partial charge in [0.05, 0.1) is 7.11 Å². The zero-order valence-corrected chi connectivity index (χ0v) is 13.2. The Hall–Kier alpha value is -0.580. The quantitative estimate of drug-likeness (QED) is 0.783. The van der Waals surface area contributed by atoms with Gasteiger partial charge in [-0.1, -0.05) is 40.0 Å². The normalized spacial score (nSPS) is 20.3. The molecule has 1 heterocycles. The largest absolute Gasteiger partial charge is 0.468 e. The topological polar surface area (TPSA) is 29.5 Å². The Bertz CT molecular complexity index is 467. The molecule has 5 heteroatoms. The minimum atomic E-state index is -0.145. The highest BCUT2D eigenvalue weighted by Gasteiger charge is 2.29. The van der Waals surface area contributed by atoms with Crippen molar-refractivity contribution < 1.29 is 9.53 Å². The van der Waals surface area contributed by atoms with Crippen molar-refractivity contribution in [2.24, 2.45) is 0 Å². The van der Waals surface area contributed by atoms with Gasteiger partial charge in [-0.05, 0) is 37.1 Å². The molecule has 0 saturated carbocycles. The van der Waals surface area contributed by atoms with Crippen molar-refractivity contribution in [2.45, 2.75) is 31.8 Å². The SMILES string of the molecule is COC(=O)[C@H]1CCCCN1Cc1ccc(Br)cc1Cl. The molecule has 0 N–H and O–H groups in total. The molecule has 1 aromatic carbocycles. The van der Waals surface area contributed by atoms with E-state index in [1.165, 1.54) is 7.11 Å². The van der Waals surface area contributed by atoms with E-state index in [-0.39, 0.29) is 12.0 Å². The van der Waals surface area contributed by atoms with E-state index < -0.39 is 0 Å². The van der Waals surface area contributed by atoms with Gasteiger partial charge in [-0.3, -0.25) is 9.69 Å². The van der Waals surface area contributed by atoms with Gasteiger partial charge in [0.1, 0.15) is 6.04 Å². The van der Waals surface area contributed by atoms with Crippen molar-refractivity contribution in [3.05, 3.63) is 33.3 Å². The number of carbonyl (C=O) groups is 1. The summed E-state index contributed by atoms with van der Waals surface area (Å²) < 4.78 is 5.85. The molecule has 1 aliphatic rings. The highest BCUT2D eigenvalue weighted by atomic mass is 79.9. The van der Waals surface area contributed by atoms with Gasteiger partial charge in [-0.15, -0.1) is 0 Å². The van der Waals surface area contributed by atoms with Gasteiger partial charge >= 0.3 is 5.97 Å². The molecule has 1 atom stereocenters. The number of benzene rings is 1. The highest BCUT2D eigenvalue weighted by Crippen LogP contribution is 2.26. The number of rotatable bonds is 3. The van der Waals surface area contributed by atoms with Crippen LogP contribution in [0.1, 0.15) is 24.8 Å². The van der Waals surface area contributed by atoms with Crippen molar-refractivity contribution in [2.75, 3.05) is 13.7 Å². The maximum absolute atomic E-state index is 11.8. The molecular formula is C14H17BrClNO2. The Morgan fingerprint density at radius 2 is 2.32 bits per heavy atom. The van der Waals surface area contributed by atoms with Gasteiger partial charge in [0.2, 0.25) is 0 Å². The molecule has 1 saturated heterocycles. The summed E-state index contributed by atoms with van der Waals surface area (Å²) in [5, 5.41) is 0.726. The van der Waals surface area contributed by atoms with Crippen LogP contribution in [-0.2, 0) is 16.1 Å². The molecule has 1 aliphatic heterocycles. The number of nitrogens with zero attached hydrogens (tertiary/aromatic N) is 1. The number of carbonyl (C=O) groups excluding carboxylic acids is 1. The maximum Gasteiger partial charge on any atom is 0.323 e. The van der Waals surface area contributed by atoms with E-state index in [9.17, 15) is 4.79 Å². The third-order valence-corrected chi connectivity index (χ3v) is 4.32. The molecule has 0 amide bonds. The molecular weight excluding hydrogens is 330 g/mol. The first-order valence-corrected chi connectivity index (χ1v) is 7.54. The number of hydrogen-bond donors (Lipinski definition) is 0. The van der Waals surface area contributed by atoms with Crippen molar-refractivity contribution in [3.8, 4) is 0 Å². The maximum atomic E-state index is 11.8. The molecule has 0 radical (unpaired) electrons. The molecule has 3 nitrogen and oxygen atoms in total. The van der Waals surface area contributed by atoms with Crippen LogP contribution in [0.3, 0.4) is 0 Å². The fraction of sp³-hybridized carbons (Fsp3) is 0.500. The summed E-state index contributed by atoms with van der Waals surface area (Å²) in [5.74, 6) is -0.145. The summed E-state index contributed by atoms with van der Waals surface area (Å²) in [6.45, 7) is 1.60. The molecule has 0 unspecified atom stereocenters. The Balaban J connectivity index is 2.13. The summed E-state index contributed by atoms with van der Waals surface area (Å²) in [6, 6.07) is 5.71. The summed E-state index contributed by atoms with van der Waals surface area (Å²) in [7, 11) is 1.45. The number of halogens is 2. The summed E-state index contributed by atoms with van der Waals surface area (Å²) in [5.41, 5.74) is 1.04. The van der Waals surface area contributed by atoms with Gasteiger partial charge in [0.25, 0.3) is 0 Å². The van der Waals surface area contributed by atoms with Gasteiger partial charge in [0.15, 0.2) is 0 Å². The predicted octanol–water partition coefficient (Wildman–Crippen LogP) is 3.63. The number of likely N-dealkylation sites (tertiary alicyclic amines) is 1. The lowest BCUT2D eigenvalue weighted by atomic mass is 10.0. The molecule has 1 aromatic rings. The molecule has 0 aliphatic carbocycles. The zero-order chi connectivity index (χ0) is 13.8. The predicted molar refractivity (Wildman–Crippen MR) is 79.2 cm³/mol. The molecule has 104 valence electrons. The monoisotopic (exact) mass is 345 g/mol. The van der Waals surface area contributed by atoms with Crippen LogP contribution >= 0.6 is 27.5 Å². The Labute approximate surface area is 127 Å². The van der Waals surface area contributed by atoms with Gasteiger partial charge in [-0.25, -0.2) is 0 Å². The molecule has 0 bridgehead atoms. The third kappa shape index (κ3) is 3.71. The van der Waals surface area contributed by atoms with E-state index in [1.807, 2.05) is 18.2 Å². The van der Waals surface area contributed by atoms with Crippen LogP contribution in [0.2, 0.25) is 5.02 Å². The van der Waals surface area contributed by atoms with Crippen LogP contribution < -0.4 is 0 Å². The number of piperidine rings is 1. The van der Waals surface area contributed by atoms with E-state index in [0.29, 0.717) is 6.54 Å². The fourth-order valence-corrected chi connectivity index (χ4v) is 3.19. The van der Waals surface area contributed by atoms with Crippen LogP contribution in [-0.4, -0.2) is 30.6 Å². The van der Waals surface area contributed by atoms with E-state index in [0.717, 1.165) is 40.9 Å². The first kappa shape index (κ1) is 14.8. The smallest absolute Gasteiger partial charge is 0.323 e. The fourth-order valence-electron chi connectivity index (χ4n) is 2.45. The summed E-state index contributed by atoms with van der Waals surface area (Å²) >= 11 is 9.63. The number of ether oxygens (including phenoxy) is 1. The van der Waals surface area contributed by atoms with Crippen molar-refractivity contribution in [1.29, 1.82) is 0 Å². The first-order chi connectivity index (χ1) is 9.11. The van der Waals surface area contributed by atoms with Crippen LogP contribution in [0.4, 0.5) is 0 Å². The van der Waals surface area contributed by atoms with E-state index >= 15 is 0 Å². The number of hydrogen-bond acceptors (Lipinski definition) is 3. The van der Waals surface area contributed by atoms with Crippen LogP contribution in [0.25, 0.3) is 0 Å². The lowest BCUT2D eigenvalue weighted by Gasteiger charge is -2.33. The number of methoxy groups -OCH3 is 1. The van der Waals surface area contributed by atoms with E-state index in [2.05, 4.69) is 20.8 Å². The molecule has 0 aromatic heterocycles. The van der Waals surface area contributed by atoms with Crippen molar-refractivity contribution in [1.82, 2.24) is 4.90 Å². The average Bonchev–Trinajstić information content (AvgIpc) is 2.41. The van der Waals surface area contributed by atoms with Crippen LogP contribution in [0.15, 0.2) is 22.7 Å². The minimum absolute atomic E-state index is 0.140. The van der Waals surface area contributed by atoms with Crippen LogP contribution in [0.5, 0.6) is 0 Å². The minimum Gasteiger partial charge on any atom is -0.468 e. The standard InChI is InChI=1S/C14H17BrClNO2/c1-19-14(18)13-4-2-3-7-17(13)9-10-5-6-11(15)8-12(10)16/h5-6,8,13H,2-4,7,9H2,1H3/t13-/m1/s1. The molecule has 2 rings (SSSR count). The summed E-state index contributed by atoms with van der Waals surface area (Å²) in [6.07, 6.45) is 3.05. The van der Waals surface area contributed by atoms with E-state index in [4.69, 9.17) is 16.3 Å². The second-order valence-electron chi connectivity index (χ2n) is 4.74. The first-order valence-electron chi connectivity index (χ1n) is 6.37. The molecule has 0 spiro atoms. The second-order valence-corrected chi connectivity index (χ2v) is 6.06. The lowest BCUT2D eigenvalue weighted by Crippen LogP contribution is -2.44. The lowest BCUT2D eigenvalue weighted by molar-refractivity contribution is -0.148.